The second-order valence-electron chi connectivity index (χ2n) is 6.14. The number of aromatic nitrogens is 1. The van der Waals surface area contributed by atoms with E-state index in [-0.39, 0.29) is 5.91 Å². The molecule has 0 spiro atoms. The molecule has 0 radical (unpaired) electrons. The molecule has 0 atom stereocenters. The van der Waals surface area contributed by atoms with Crippen LogP contribution in [-0.4, -0.2) is 23.5 Å². The van der Waals surface area contributed by atoms with Gasteiger partial charge in [-0.1, -0.05) is 29.8 Å². The summed E-state index contributed by atoms with van der Waals surface area (Å²) in [5.41, 5.74) is 3.29. The maximum absolute atomic E-state index is 12.4. The number of ether oxygens (including phenoxy) is 1. The fraction of sp³-hybridized carbons (Fsp3) is 0.136. The highest BCUT2D eigenvalue weighted by molar-refractivity contribution is 6.04. The van der Waals surface area contributed by atoms with Crippen molar-refractivity contribution >= 4 is 29.1 Å². The molecule has 2 N–H and O–H groups in total. The van der Waals surface area contributed by atoms with Crippen LogP contribution in [0.15, 0.2) is 66.9 Å². The third kappa shape index (κ3) is 4.73. The quantitative estimate of drug-likeness (QED) is 0.617. The van der Waals surface area contributed by atoms with Crippen molar-refractivity contribution in [3.63, 3.8) is 0 Å². The zero-order chi connectivity index (χ0) is 19.9. The fourth-order valence-corrected chi connectivity index (χ4v) is 2.56. The van der Waals surface area contributed by atoms with Gasteiger partial charge in [-0.05, 0) is 50.2 Å². The van der Waals surface area contributed by atoms with Crippen LogP contribution in [0.3, 0.4) is 0 Å². The molecule has 1 amide bonds. The number of anilines is 3. The lowest BCUT2D eigenvalue weighted by molar-refractivity contribution is 0.0527. The van der Waals surface area contributed by atoms with Crippen LogP contribution in [0.1, 0.15) is 33.2 Å². The molecule has 6 nitrogen and oxygen atoms in total. The van der Waals surface area contributed by atoms with E-state index >= 15 is 0 Å². The highest BCUT2D eigenvalue weighted by Gasteiger charge is 2.13. The first-order chi connectivity index (χ1) is 13.6. The molecule has 28 heavy (non-hydrogen) atoms. The van der Waals surface area contributed by atoms with Crippen molar-refractivity contribution in [3.05, 3.63) is 83.6 Å². The Hall–Kier alpha value is -3.67. The summed E-state index contributed by atoms with van der Waals surface area (Å²) >= 11 is 0. The lowest BCUT2D eigenvalue weighted by atomic mass is 10.1. The van der Waals surface area contributed by atoms with Crippen LogP contribution in [0, 0.1) is 6.92 Å². The summed E-state index contributed by atoms with van der Waals surface area (Å²) in [7, 11) is 0. The maximum Gasteiger partial charge on any atom is 0.340 e. The molecule has 2 aromatic carbocycles. The minimum Gasteiger partial charge on any atom is -0.462 e. The summed E-state index contributed by atoms with van der Waals surface area (Å²) in [5.74, 6) is -0.127. The third-order valence-electron chi connectivity index (χ3n) is 4.02. The SMILES string of the molecule is CCOC(=O)c1ccccc1Nc1ccc(C(=O)Nc2ccc(C)cc2)cn1. The molecule has 142 valence electrons. The molecule has 0 fully saturated rings. The molecule has 0 aliphatic heterocycles. The minimum absolute atomic E-state index is 0.241. The van der Waals surface area contributed by atoms with E-state index in [1.807, 2.05) is 37.3 Å². The number of nitrogens with zero attached hydrogens (tertiary/aromatic N) is 1. The van der Waals surface area contributed by atoms with Crippen LogP contribution in [0.2, 0.25) is 0 Å². The first-order valence-electron chi connectivity index (χ1n) is 8.94. The summed E-state index contributed by atoms with van der Waals surface area (Å²) in [4.78, 5) is 28.7. The summed E-state index contributed by atoms with van der Waals surface area (Å²) in [6.07, 6.45) is 1.48. The van der Waals surface area contributed by atoms with Crippen LogP contribution >= 0.6 is 0 Å². The standard InChI is InChI=1S/C22H21N3O3/c1-3-28-22(27)18-6-4-5-7-19(18)25-20-13-10-16(14-23-20)21(26)24-17-11-8-15(2)9-12-17/h4-14H,3H2,1-2H3,(H,23,25)(H,24,26). The number of hydrogen-bond donors (Lipinski definition) is 2. The number of esters is 1. The van der Waals surface area contributed by atoms with Crippen molar-refractivity contribution in [2.75, 3.05) is 17.2 Å². The van der Waals surface area contributed by atoms with Gasteiger partial charge in [0.25, 0.3) is 5.91 Å². The van der Waals surface area contributed by atoms with E-state index in [0.717, 1.165) is 11.3 Å². The molecule has 1 heterocycles. The average Bonchev–Trinajstić information content (AvgIpc) is 2.71. The van der Waals surface area contributed by atoms with Gasteiger partial charge in [-0.3, -0.25) is 4.79 Å². The number of hydrogen-bond acceptors (Lipinski definition) is 5. The van der Waals surface area contributed by atoms with Crippen LogP contribution in [0.25, 0.3) is 0 Å². The maximum atomic E-state index is 12.4. The molecule has 6 heteroatoms. The number of rotatable bonds is 6. The number of benzene rings is 2. The molecule has 0 aliphatic carbocycles. The Morgan fingerprint density at radius 2 is 1.75 bits per heavy atom. The number of nitrogens with one attached hydrogen (secondary N) is 2. The van der Waals surface area contributed by atoms with E-state index in [0.29, 0.717) is 29.2 Å². The number of aryl methyl sites for hydroxylation is 1. The van der Waals surface area contributed by atoms with Crippen molar-refractivity contribution in [3.8, 4) is 0 Å². The second kappa shape index (κ2) is 8.81. The zero-order valence-electron chi connectivity index (χ0n) is 15.7. The summed E-state index contributed by atoms with van der Waals surface area (Å²) < 4.78 is 5.07. The molecule has 0 unspecified atom stereocenters. The van der Waals surface area contributed by atoms with Crippen LogP contribution in [-0.2, 0) is 4.74 Å². The average molecular weight is 375 g/mol. The molecular weight excluding hydrogens is 354 g/mol. The van der Waals surface area contributed by atoms with E-state index in [2.05, 4.69) is 15.6 Å². The second-order valence-corrected chi connectivity index (χ2v) is 6.14. The highest BCUT2D eigenvalue weighted by Crippen LogP contribution is 2.21. The zero-order valence-corrected chi connectivity index (χ0v) is 15.7. The number of carbonyl (C=O) groups excluding carboxylic acids is 2. The highest BCUT2D eigenvalue weighted by atomic mass is 16.5. The van der Waals surface area contributed by atoms with Crippen molar-refractivity contribution in [2.24, 2.45) is 0 Å². The lowest BCUT2D eigenvalue weighted by Gasteiger charge is -2.11. The van der Waals surface area contributed by atoms with E-state index in [4.69, 9.17) is 4.74 Å². The smallest absolute Gasteiger partial charge is 0.340 e. The number of amides is 1. The molecule has 0 bridgehead atoms. The normalized spacial score (nSPS) is 10.2. The third-order valence-corrected chi connectivity index (χ3v) is 4.02. The number of carbonyl (C=O) groups is 2. The molecule has 3 aromatic rings. The lowest BCUT2D eigenvalue weighted by Crippen LogP contribution is -2.12. The first-order valence-corrected chi connectivity index (χ1v) is 8.94. The Balaban J connectivity index is 1.70. The van der Waals surface area contributed by atoms with E-state index in [1.54, 1.807) is 37.3 Å². The van der Waals surface area contributed by atoms with Crippen molar-refractivity contribution in [1.29, 1.82) is 0 Å². The van der Waals surface area contributed by atoms with Crippen molar-refractivity contribution < 1.29 is 14.3 Å². The van der Waals surface area contributed by atoms with Gasteiger partial charge in [-0.25, -0.2) is 9.78 Å². The Morgan fingerprint density at radius 3 is 2.43 bits per heavy atom. The predicted octanol–water partition coefficient (Wildman–Crippen LogP) is 4.56. The topological polar surface area (TPSA) is 80.3 Å². The first kappa shape index (κ1) is 19.1. The largest absolute Gasteiger partial charge is 0.462 e. The summed E-state index contributed by atoms with van der Waals surface area (Å²) in [6, 6.07) is 18.0. The van der Waals surface area contributed by atoms with Gasteiger partial charge in [-0.15, -0.1) is 0 Å². The Morgan fingerprint density at radius 1 is 1.00 bits per heavy atom. The minimum atomic E-state index is -0.403. The predicted molar refractivity (Wildman–Crippen MR) is 109 cm³/mol. The molecule has 1 aromatic heterocycles. The number of para-hydroxylation sites is 1. The van der Waals surface area contributed by atoms with E-state index < -0.39 is 5.97 Å². The number of pyridine rings is 1. The van der Waals surface area contributed by atoms with Gasteiger partial charge in [0.1, 0.15) is 5.82 Å². The summed E-state index contributed by atoms with van der Waals surface area (Å²) in [6.45, 7) is 4.05. The summed E-state index contributed by atoms with van der Waals surface area (Å²) in [5, 5.41) is 5.92. The monoisotopic (exact) mass is 375 g/mol. The molecular formula is C22H21N3O3. The van der Waals surface area contributed by atoms with E-state index in [1.165, 1.54) is 6.20 Å². The van der Waals surface area contributed by atoms with Gasteiger partial charge >= 0.3 is 5.97 Å². The van der Waals surface area contributed by atoms with Crippen LogP contribution in [0.5, 0.6) is 0 Å². The Labute approximate surface area is 163 Å². The van der Waals surface area contributed by atoms with Crippen molar-refractivity contribution in [2.45, 2.75) is 13.8 Å². The Kier molecular flexibility index (Phi) is 6.01. The van der Waals surface area contributed by atoms with Gasteiger partial charge in [-0.2, -0.15) is 0 Å². The van der Waals surface area contributed by atoms with Gasteiger partial charge < -0.3 is 15.4 Å². The van der Waals surface area contributed by atoms with E-state index in [9.17, 15) is 9.59 Å². The van der Waals surface area contributed by atoms with Crippen LogP contribution in [0.4, 0.5) is 17.2 Å². The van der Waals surface area contributed by atoms with Crippen LogP contribution < -0.4 is 10.6 Å². The molecule has 3 rings (SSSR count). The molecule has 0 aliphatic rings. The molecule has 0 saturated heterocycles. The van der Waals surface area contributed by atoms with Gasteiger partial charge in [0.15, 0.2) is 0 Å². The van der Waals surface area contributed by atoms with Gasteiger partial charge in [0.2, 0.25) is 0 Å². The van der Waals surface area contributed by atoms with Crippen molar-refractivity contribution in [1.82, 2.24) is 4.98 Å². The Bertz CT molecular complexity index is 967. The van der Waals surface area contributed by atoms with Gasteiger partial charge in [0.05, 0.1) is 23.4 Å². The van der Waals surface area contributed by atoms with Gasteiger partial charge in [0, 0.05) is 11.9 Å². The molecule has 0 saturated carbocycles. The fourth-order valence-electron chi connectivity index (χ4n) is 2.56.